The Hall–Kier alpha value is -4.39. The van der Waals surface area contributed by atoms with Crippen LogP contribution in [0, 0.1) is 17.0 Å². The molecular formula is C25H18N2O5. The molecule has 0 aliphatic heterocycles. The highest BCUT2D eigenvalue weighted by Crippen LogP contribution is 2.26. The molecule has 3 aromatic carbocycles. The molecule has 158 valence electrons. The molecule has 4 aromatic rings. The van der Waals surface area contributed by atoms with E-state index >= 15 is 0 Å². The van der Waals surface area contributed by atoms with Crippen LogP contribution in [0.15, 0.2) is 78.9 Å². The molecule has 0 fully saturated rings. The van der Waals surface area contributed by atoms with Crippen molar-refractivity contribution in [2.75, 3.05) is 6.61 Å². The second-order valence-corrected chi connectivity index (χ2v) is 7.24. The molecular weight excluding hydrogens is 408 g/mol. The number of aromatic nitrogens is 1. The number of nitro benzene ring substituents is 1. The predicted molar refractivity (Wildman–Crippen MR) is 120 cm³/mol. The summed E-state index contributed by atoms with van der Waals surface area (Å²) in [5.74, 6) is -1.20. The Labute approximate surface area is 183 Å². The van der Waals surface area contributed by atoms with E-state index in [4.69, 9.17) is 4.74 Å². The summed E-state index contributed by atoms with van der Waals surface area (Å²) in [6, 6.07) is 21.9. The summed E-state index contributed by atoms with van der Waals surface area (Å²) in [7, 11) is 0. The number of hydrogen-bond acceptors (Lipinski definition) is 6. The zero-order valence-electron chi connectivity index (χ0n) is 17.1. The van der Waals surface area contributed by atoms with E-state index in [0.29, 0.717) is 16.6 Å². The summed E-state index contributed by atoms with van der Waals surface area (Å²) < 4.78 is 5.28. The minimum absolute atomic E-state index is 0.104. The molecule has 0 bridgehead atoms. The highest BCUT2D eigenvalue weighted by molar-refractivity contribution is 6.06. The third-order valence-electron chi connectivity index (χ3n) is 5.00. The molecule has 1 aromatic heterocycles. The second-order valence-electron chi connectivity index (χ2n) is 7.24. The number of ether oxygens (including phenoxy) is 1. The van der Waals surface area contributed by atoms with Gasteiger partial charge in [0.2, 0.25) is 5.78 Å². The van der Waals surface area contributed by atoms with Crippen LogP contribution in [-0.2, 0) is 4.74 Å². The predicted octanol–water partition coefficient (Wildman–Crippen LogP) is 5.16. The van der Waals surface area contributed by atoms with E-state index in [-0.39, 0.29) is 16.8 Å². The van der Waals surface area contributed by atoms with Gasteiger partial charge >= 0.3 is 5.97 Å². The first-order valence-electron chi connectivity index (χ1n) is 9.84. The molecule has 0 radical (unpaired) electrons. The molecule has 4 rings (SSSR count). The van der Waals surface area contributed by atoms with Crippen molar-refractivity contribution in [2.45, 2.75) is 6.92 Å². The van der Waals surface area contributed by atoms with Crippen LogP contribution in [0.2, 0.25) is 0 Å². The number of carbonyl (C=O) groups excluding carboxylic acids is 2. The van der Waals surface area contributed by atoms with Gasteiger partial charge in [0.25, 0.3) is 5.69 Å². The maximum Gasteiger partial charge on any atom is 0.339 e. The number of pyridine rings is 1. The molecule has 0 aliphatic carbocycles. The molecule has 1 heterocycles. The molecule has 0 spiro atoms. The first-order chi connectivity index (χ1) is 15.4. The number of aryl methyl sites for hydroxylation is 1. The van der Waals surface area contributed by atoms with Gasteiger partial charge in [0, 0.05) is 28.6 Å². The molecule has 7 nitrogen and oxygen atoms in total. The first-order valence-corrected chi connectivity index (χ1v) is 9.84. The highest BCUT2D eigenvalue weighted by atomic mass is 16.6. The third-order valence-corrected chi connectivity index (χ3v) is 5.00. The van der Waals surface area contributed by atoms with Crippen LogP contribution in [-0.4, -0.2) is 28.3 Å². The fraction of sp³-hybridized carbons (Fsp3) is 0.0800. The van der Waals surface area contributed by atoms with E-state index < -0.39 is 23.3 Å². The van der Waals surface area contributed by atoms with E-state index in [0.717, 1.165) is 17.2 Å². The molecule has 0 saturated heterocycles. The molecule has 7 heteroatoms. The Kier molecular flexibility index (Phi) is 5.72. The van der Waals surface area contributed by atoms with Gasteiger partial charge in [0.1, 0.15) is 0 Å². The quantitative estimate of drug-likeness (QED) is 0.183. The number of hydrogen-bond donors (Lipinski definition) is 0. The zero-order valence-corrected chi connectivity index (χ0v) is 17.1. The van der Waals surface area contributed by atoms with Gasteiger partial charge in [-0.15, -0.1) is 0 Å². The van der Waals surface area contributed by atoms with E-state index in [1.165, 1.54) is 18.2 Å². The number of non-ortho nitro benzene ring substituents is 1. The van der Waals surface area contributed by atoms with Crippen LogP contribution in [0.5, 0.6) is 0 Å². The lowest BCUT2D eigenvalue weighted by atomic mass is 10.0. The van der Waals surface area contributed by atoms with E-state index in [1.54, 1.807) is 24.3 Å². The summed E-state index contributed by atoms with van der Waals surface area (Å²) in [6.45, 7) is 1.45. The topological polar surface area (TPSA) is 99.4 Å². The number of carbonyl (C=O) groups is 2. The van der Waals surface area contributed by atoms with Crippen LogP contribution >= 0.6 is 0 Å². The molecule has 0 N–H and O–H groups in total. The van der Waals surface area contributed by atoms with Gasteiger partial charge in [-0.2, -0.15) is 0 Å². The van der Waals surface area contributed by atoms with Crippen LogP contribution in [0.1, 0.15) is 26.3 Å². The second kappa shape index (κ2) is 8.77. The molecule has 0 atom stereocenters. The average Bonchev–Trinajstić information content (AvgIpc) is 2.82. The minimum Gasteiger partial charge on any atom is -0.454 e. The number of nitrogens with zero attached hydrogens (tertiary/aromatic N) is 2. The van der Waals surface area contributed by atoms with Crippen LogP contribution < -0.4 is 0 Å². The summed E-state index contributed by atoms with van der Waals surface area (Å²) >= 11 is 0. The number of rotatable bonds is 6. The minimum atomic E-state index is -0.671. The van der Waals surface area contributed by atoms with Crippen molar-refractivity contribution in [3.8, 4) is 11.3 Å². The summed E-state index contributed by atoms with van der Waals surface area (Å²) in [5, 5.41) is 11.5. The van der Waals surface area contributed by atoms with Gasteiger partial charge in [0.15, 0.2) is 6.61 Å². The maximum absolute atomic E-state index is 12.9. The van der Waals surface area contributed by atoms with Gasteiger partial charge in [-0.25, -0.2) is 9.78 Å². The fourth-order valence-corrected chi connectivity index (χ4v) is 3.30. The number of benzene rings is 3. The summed E-state index contributed by atoms with van der Waals surface area (Å²) in [6.07, 6.45) is 0. The van der Waals surface area contributed by atoms with Crippen LogP contribution in [0.25, 0.3) is 22.2 Å². The van der Waals surface area contributed by atoms with Crippen molar-refractivity contribution in [3.63, 3.8) is 0 Å². The molecule has 0 unspecified atom stereocenters. The Bertz CT molecular complexity index is 1350. The van der Waals surface area contributed by atoms with Crippen LogP contribution in [0.4, 0.5) is 5.69 Å². The lowest BCUT2D eigenvalue weighted by Crippen LogP contribution is -2.15. The monoisotopic (exact) mass is 426 g/mol. The van der Waals surface area contributed by atoms with Crippen LogP contribution in [0.3, 0.4) is 0 Å². The SMILES string of the molecule is Cc1ccc(-c2cc(C(=O)OCC(=O)c3cccc([N+](=O)[O-])c3)c3ccccc3n2)cc1. The summed E-state index contributed by atoms with van der Waals surface area (Å²) in [4.78, 5) is 40.3. The van der Waals surface area contributed by atoms with Crippen molar-refractivity contribution in [2.24, 2.45) is 0 Å². The molecule has 32 heavy (non-hydrogen) atoms. The van der Waals surface area contributed by atoms with Crippen molar-refractivity contribution in [3.05, 3.63) is 106 Å². The Morgan fingerprint density at radius 2 is 1.72 bits per heavy atom. The zero-order chi connectivity index (χ0) is 22.7. The number of para-hydroxylation sites is 1. The van der Waals surface area contributed by atoms with Gasteiger partial charge < -0.3 is 4.74 Å². The number of ketones is 1. The Morgan fingerprint density at radius 1 is 0.969 bits per heavy atom. The standard InChI is InChI=1S/C25H18N2O5/c1-16-9-11-17(12-10-16)23-14-21(20-7-2-3-8-22(20)26-23)25(29)32-15-24(28)18-5-4-6-19(13-18)27(30)31/h2-14H,15H2,1H3. The molecule has 0 amide bonds. The number of Topliss-reactive ketones (excluding diaryl/α,β-unsaturated/α-hetero) is 1. The molecule has 0 aliphatic rings. The van der Waals surface area contributed by atoms with Gasteiger partial charge in [-0.05, 0) is 19.1 Å². The summed E-state index contributed by atoms with van der Waals surface area (Å²) in [5.41, 5.74) is 3.38. The van der Waals surface area contributed by atoms with Gasteiger partial charge in [0.05, 0.1) is 21.7 Å². The third kappa shape index (κ3) is 4.37. The number of nitro groups is 1. The lowest BCUT2D eigenvalue weighted by Gasteiger charge is -2.10. The Balaban J connectivity index is 1.61. The van der Waals surface area contributed by atoms with Crippen molar-refractivity contribution in [1.29, 1.82) is 0 Å². The maximum atomic E-state index is 12.9. The highest BCUT2D eigenvalue weighted by Gasteiger charge is 2.18. The normalized spacial score (nSPS) is 10.7. The smallest absolute Gasteiger partial charge is 0.339 e. The Morgan fingerprint density at radius 3 is 2.47 bits per heavy atom. The fourth-order valence-electron chi connectivity index (χ4n) is 3.30. The van der Waals surface area contributed by atoms with E-state index in [1.807, 2.05) is 37.3 Å². The number of esters is 1. The van der Waals surface area contributed by atoms with Crippen molar-refractivity contribution >= 4 is 28.3 Å². The van der Waals surface area contributed by atoms with E-state index in [2.05, 4.69) is 4.98 Å². The van der Waals surface area contributed by atoms with Gasteiger partial charge in [-0.1, -0.05) is 60.2 Å². The average molecular weight is 426 g/mol. The van der Waals surface area contributed by atoms with Gasteiger partial charge in [-0.3, -0.25) is 14.9 Å². The van der Waals surface area contributed by atoms with E-state index in [9.17, 15) is 19.7 Å². The molecule has 0 saturated carbocycles. The lowest BCUT2D eigenvalue weighted by molar-refractivity contribution is -0.384. The van der Waals surface area contributed by atoms with Crippen molar-refractivity contribution < 1.29 is 19.2 Å². The van der Waals surface area contributed by atoms with Crippen molar-refractivity contribution in [1.82, 2.24) is 4.98 Å². The largest absolute Gasteiger partial charge is 0.454 e. The number of fused-ring (bicyclic) bond motifs is 1. The first kappa shape index (κ1) is 20.9.